The van der Waals surface area contributed by atoms with Crippen molar-refractivity contribution in [1.29, 1.82) is 0 Å². The van der Waals surface area contributed by atoms with E-state index < -0.39 is 0 Å². The fraction of sp³-hybridized carbons (Fsp3) is 0.667. The van der Waals surface area contributed by atoms with Crippen LogP contribution in [-0.2, 0) is 11.2 Å². The number of nitrogens with zero attached hydrogens (tertiary/aromatic N) is 2. The molecule has 1 aliphatic heterocycles. The van der Waals surface area contributed by atoms with E-state index in [0.29, 0.717) is 28.7 Å². The Labute approximate surface area is 120 Å². The van der Waals surface area contributed by atoms with E-state index in [2.05, 4.69) is 51.3 Å². The molecule has 0 bridgehead atoms. The lowest BCUT2D eigenvalue weighted by Crippen LogP contribution is -2.38. The molecule has 6 heteroatoms. The van der Waals surface area contributed by atoms with Crippen LogP contribution in [0.3, 0.4) is 0 Å². The van der Waals surface area contributed by atoms with E-state index in [1.807, 2.05) is 0 Å². The summed E-state index contributed by atoms with van der Waals surface area (Å²) in [5, 5.41) is 0. The van der Waals surface area contributed by atoms with Crippen molar-refractivity contribution in [3.63, 3.8) is 0 Å². The van der Waals surface area contributed by atoms with Crippen LogP contribution < -0.4 is 10.5 Å². The van der Waals surface area contributed by atoms with Gasteiger partial charge in [0.2, 0.25) is 5.95 Å². The Balaban J connectivity index is 2.30. The number of rotatable bonds is 3. The topological polar surface area (TPSA) is 58.2 Å². The zero-order valence-electron chi connectivity index (χ0n) is 10.7. The van der Waals surface area contributed by atoms with Crippen LogP contribution in [0.15, 0.2) is 4.79 Å². The molecule has 0 atom stereocenters. The largest absolute Gasteiger partial charge is 0.378 e. The van der Waals surface area contributed by atoms with Gasteiger partial charge in [-0.2, -0.15) is 0 Å². The van der Waals surface area contributed by atoms with Gasteiger partial charge >= 0.3 is 0 Å². The second-order valence-corrected chi connectivity index (χ2v) is 5.93. The molecule has 1 saturated heterocycles. The zero-order chi connectivity index (χ0) is 13.1. The molecular weight excluding hydrogens is 345 g/mol. The minimum absolute atomic E-state index is 0.0391. The summed E-state index contributed by atoms with van der Waals surface area (Å²) in [4.78, 5) is 21.5. The molecule has 0 aliphatic carbocycles. The first kappa shape index (κ1) is 13.8. The highest BCUT2D eigenvalue weighted by Crippen LogP contribution is 2.15. The summed E-state index contributed by atoms with van der Waals surface area (Å²) in [6, 6.07) is 0. The van der Waals surface area contributed by atoms with Crippen molar-refractivity contribution in [2.45, 2.75) is 20.3 Å². The Morgan fingerprint density at radius 2 is 2.11 bits per heavy atom. The van der Waals surface area contributed by atoms with Crippen molar-refractivity contribution in [1.82, 2.24) is 9.97 Å². The second kappa shape index (κ2) is 6.01. The average molecular weight is 363 g/mol. The van der Waals surface area contributed by atoms with Gasteiger partial charge in [0.25, 0.3) is 5.56 Å². The zero-order valence-corrected chi connectivity index (χ0v) is 12.9. The highest BCUT2D eigenvalue weighted by Gasteiger charge is 2.17. The molecule has 1 aromatic rings. The van der Waals surface area contributed by atoms with E-state index >= 15 is 0 Å². The summed E-state index contributed by atoms with van der Waals surface area (Å²) < 4.78 is 6.01. The first-order chi connectivity index (χ1) is 8.58. The van der Waals surface area contributed by atoms with Gasteiger partial charge in [-0.25, -0.2) is 4.98 Å². The van der Waals surface area contributed by atoms with Gasteiger partial charge in [-0.3, -0.25) is 9.78 Å². The maximum Gasteiger partial charge on any atom is 0.266 e. The third-order valence-electron chi connectivity index (χ3n) is 2.83. The Morgan fingerprint density at radius 1 is 1.44 bits per heavy atom. The van der Waals surface area contributed by atoms with Gasteiger partial charge < -0.3 is 9.64 Å². The van der Waals surface area contributed by atoms with Crippen molar-refractivity contribution in [2.24, 2.45) is 5.92 Å². The number of aromatic nitrogens is 2. The van der Waals surface area contributed by atoms with Crippen LogP contribution in [0.2, 0.25) is 0 Å². The second-order valence-electron chi connectivity index (χ2n) is 4.85. The Kier molecular flexibility index (Phi) is 4.60. The maximum absolute atomic E-state index is 11.9. The predicted octanol–water partition coefficient (Wildman–Crippen LogP) is 1.41. The fourth-order valence-electron chi connectivity index (χ4n) is 1.94. The number of aromatic amines is 1. The quantitative estimate of drug-likeness (QED) is 0.826. The number of ether oxygens (including phenoxy) is 1. The first-order valence-corrected chi connectivity index (χ1v) is 7.27. The van der Waals surface area contributed by atoms with Crippen LogP contribution in [0, 0.1) is 9.49 Å². The number of nitrogens with one attached hydrogen (secondary N) is 1. The minimum Gasteiger partial charge on any atom is -0.378 e. The minimum atomic E-state index is -0.0391. The summed E-state index contributed by atoms with van der Waals surface area (Å²) in [7, 11) is 0. The summed E-state index contributed by atoms with van der Waals surface area (Å²) in [6.45, 7) is 7.21. The van der Waals surface area contributed by atoms with Crippen LogP contribution in [0.4, 0.5) is 5.95 Å². The summed E-state index contributed by atoms with van der Waals surface area (Å²) in [5.74, 6) is 1.17. The molecule has 0 unspecified atom stereocenters. The average Bonchev–Trinajstić information content (AvgIpc) is 2.35. The monoisotopic (exact) mass is 363 g/mol. The molecule has 1 fully saturated rings. The highest BCUT2D eigenvalue weighted by atomic mass is 127. The van der Waals surface area contributed by atoms with E-state index in [1.165, 1.54) is 0 Å². The number of hydrogen-bond acceptors (Lipinski definition) is 4. The standard InChI is InChI=1S/C12H18IN3O2/c1-8(2)7-9-10(13)11(17)15-12(14-9)16-3-5-18-6-4-16/h8H,3-7H2,1-2H3,(H,14,15,17). The van der Waals surface area contributed by atoms with Gasteiger partial charge in [0.05, 0.1) is 22.5 Å². The van der Waals surface area contributed by atoms with Gasteiger partial charge in [0, 0.05) is 13.1 Å². The van der Waals surface area contributed by atoms with Crippen LogP contribution in [0.25, 0.3) is 0 Å². The summed E-state index contributed by atoms with van der Waals surface area (Å²) >= 11 is 2.08. The lowest BCUT2D eigenvalue weighted by molar-refractivity contribution is 0.122. The molecule has 0 aromatic carbocycles. The predicted molar refractivity (Wildman–Crippen MR) is 79.1 cm³/mol. The molecule has 0 amide bonds. The number of H-pyrrole nitrogens is 1. The Bertz CT molecular complexity index is 467. The summed E-state index contributed by atoms with van der Waals surface area (Å²) in [6.07, 6.45) is 0.833. The van der Waals surface area contributed by atoms with Crippen molar-refractivity contribution in [3.8, 4) is 0 Å². The van der Waals surface area contributed by atoms with Crippen molar-refractivity contribution in [2.75, 3.05) is 31.2 Å². The molecule has 1 aliphatic rings. The number of morpholine rings is 1. The van der Waals surface area contributed by atoms with Crippen molar-refractivity contribution < 1.29 is 4.74 Å². The molecule has 100 valence electrons. The van der Waals surface area contributed by atoms with Crippen molar-refractivity contribution >= 4 is 28.5 Å². The van der Waals surface area contributed by atoms with Gasteiger partial charge in [-0.1, -0.05) is 13.8 Å². The molecule has 0 radical (unpaired) electrons. The molecule has 1 aromatic heterocycles. The van der Waals surface area contributed by atoms with E-state index in [0.717, 1.165) is 25.2 Å². The van der Waals surface area contributed by atoms with E-state index in [1.54, 1.807) is 0 Å². The molecule has 18 heavy (non-hydrogen) atoms. The lowest BCUT2D eigenvalue weighted by atomic mass is 10.1. The molecule has 2 heterocycles. The molecule has 0 saturated carbocycles. The normalized spacial score (nSPS) is 16.3. The molecule has 2 rings (SSSR count). The van der Waals surface area contributed by atoms with Crippen LogP contribution in [0.1, 0.15) is 19.5 Å². The van der Waals surface area contributed by atoms with Gasteiger partial charge in [0.15, 0.2) is 0 Å². The van der Waals surface area contributed by atoms with E-state index in [-0.39, 0.29) is 5.56 Å². The third kappa shape index (κ3) is 3.23. The van der Waals surface area contributed by atoms with Crippen LogP contribution in [-0.4, -0.2) is 36.3 Å². The number of hydrogen-bond donors (Lipinski definition) is 1. The Morgan fingerprint density at radius 3 is 2.72 bits per heavy atom. The highest BCUT2D eigenvalue weighted by molar-refractivity contribution is 14.1. The molecule has 1 N–H and O–H groups in total. The summed E-state index contributed by atoms with van der Waals surface area (Å²) in [5.41, 5.74) is 0.860. The van der Waals surface area contributed by atoms with E-state index in [4.69, 9.17) is 4.74 Å². The van der Waals surface area contributed by atoms with Crippen LogP contribution in [0.5, 0.6) is 0 Å². The molecule has 5 nitrogen and oxygen atoms in total. The smallest absolute Gasteiger partial charge is 0.266 e. The lowest BCUT2D eigenvalue weighted by Gasteiger charge is -2.27. The van der Waals surface area contributed by atoms with Gasteiger partial charge in [0.1, 0.15) is 0 Å². The van der Waals surface area contributed by atoms with Crippen LogP contribution >= 0.6 is 22.6 Å². The van der Waals surface area contributed by atoms with Crippen molar-refractivity contribution in [3.05, 3.63) is 19.6 Å². The van der Waals surface area contributed by atoms with Gasteiger partial charge in [-0.15, -0.1) is 0 Å². The fourth-order valence-corrected chi connectivity index (χ4v) is 2.41. The third-order valence-corrected chi connectivity index (χ3v) is 3.94. The van der Waals surface area contributed by atoms with Gasteiger partial charge in [-0.05, 0) is 34.9 Å². The molecule has 0 spiro atoms. The maximum atomic E-state index is 11.9. The van der Waals surface area contributed by atoms with E-state index in [9.17, 15) is 4.79 Å². The Hall–Kier alpha value is -0.630. The molecular formula is C12H18IN3O2. The SMILES string of the molecule is CC(C)Cc1nc(N2CCOCC2)[nH]c(=O)c1I. The first-order valence-electron chi connectivity index (χ1n) is 6.19. The number of anilines is 1. The number of halogens is 1.